The smallest absolute Gasteiger partial charge is 0.0724 e. The summed E-state index contributed by atoms with van der Waals surface area (Å²) in [6.07, 6.45) is 10.3. The first-order valence-corrected chi connectivity index (χ1v) is 11.4. The van der Waals surface area contributed by atoms with Crippen molar-refractivity contribution in [3.8, 4) is 0 Å². The quantitative estimate of drug-likeness (QED) is 0.437. The molecule has 1 heterocycles. The number of unbranched alkanes of at least 4 members (excludes halogenated alkanes) is 1. The minimum Gasteiger partial charge on any atom is -0.392 e. The van der Waals surface area contributed by atoms with Crippen molar-refractivity contribution in [2.24, 2.45) is 11.8 Å². The first-order valence-electron chi connectivity index (χ1n) is 10.5. The third kappa shape index (κ3) is 5.66. The van der Waals surface area contributed by atoms with E-state index in [0.717, 1.165) is 19.3 Å². The molecule has 3 nitrogen and oxygen atoms in total. The van der Waals surface area contributed by atoms with Crippen LogP contribution in [-0.4, -0.2) is 39.5 Å². The molecule has 27 heavy (non-hydrogen) atoms. The summed E-state index contributed by atoms with van der Waals surface area (Å²) in [6, 6.07) is 10.2. The fraction of sp³-hybridized carbons (Fsp3) is 0.652. The van der Waals surface area contributed by atoms with Gasteiger partial charge in [-0.3, -0.25) is 0 Å². The highest BCUT2D eigenvalue weighted by Crippen LogP contribution is 2.46. The second-order valence-corrected chi connectivity index (χ2v) is 9.30. The SMILES string of the molecule is CCCCC(Br)C1C[C@@H]2[C@@H](/C=C/[C@@H](O)CCc3ccccc3)[C@H](O)C[C@@H]2O1. The number of hydrogen-bond donors (Lipinski definition) is 2. The van der Waals surface area contributed by atoms with Crippen LogP contribution in [0.25, 0.3) is 0 Å². The van der Waals surface area contributed by atoms with E-state index in [1.165, 1.54) is 18.4 Å². The molecule has 2 unspecified atom stereocenters. The van der Waals surface area contributed by atoms with Gasteiger partial charge in [0.25, 0.3) is 0 Å². The average molecular weight is 437 g/mol. The Hall–Kier alpha value is -0.680. The zero-order valence-electron chi connectivity index (χ0n) is 16.2. The first kappa shape index (κ1) is 21.0. The highest BCUT2D eigenvalue weighted by Gasteiger charge is 2.49. The Morgan fingerprint density at radius 2 is 2.00 bits per heavy atom. The Morgan fingerprint density at radius 1 is 1.22 bits per heavy atom. The number of aliphatic hydroxyl groups excluding tert-OH is 2. The van der Waals surface area contributed by atoms with Crippen LogP contribution >= 0.6 is 15.9 Å². The zero-order valence-corrected chi connectivity index (χ0v) is 17.8. The number of benzene rings is 1. The number of halogens is 1. The number of rotatable bonds is 9. The van der Waals surface area contributed by atoms with Crippen molar-refractivity contribution >= 4 is 15.9 Å². The fourth-order valence-corrected chi connectivity index (χ4v) is 5.18. The van der Waals surface area contributed by atoms with Crippen molar-refractivity contribution in [2.45, 2.75) is 81.1 Å². The molecular formula is C23H33BrO3. The Morgan fingerprint density at radius 3 is 2.74 bits per heavy atom. The number of hydrogen-bond acceptors (Lipinski definition) is 3. The maximum absolute atomic E-state index is 10.5. The summed E-state index contributed by atoms with van der Waals surface area (Å²) < 4.78 is 6.25. The summed E-state index contributed by atoms with van der Waals surface area (Å²) in [5.41, 5.74) is 1.24. The second-order valence-electron chi connectivity index (χ2n) is 8.13. The molecule has 1 aromatic rings. The molecule has 1 aliphatic heterocycles. The van der Waals surface area contributed by atoms with Gasteiger partial charge in [-0.05, 0) is 37.2 Å². The lowest BCUT2D eigenvalue weighted by Crippen LogP contribution is -2.24. The fourth-order valence-electron chi connectivity index (χ4n) is 4.52. The summed E-state index contributed by atoms with van der Waals surface area (Å²) >= 11 is 3.81. The van der Waals surface area contributed by atoms with Crippen LogP contribution in [0.4, 0.5) is 0 Å². The summed E-state index contributed by atoms with van der Waals surface area (Å²) in [5.74, 6) is 0.460. The standard InChI is InChI=1S/C23H33BrO3/c1-2-3-9-20(24)23-14-19-18(21(26)15-22(19)27-23)13-12-17(25)11-10-16-7-5-4-6-8-16/h4-8,12-13,17-23,25-26H,2-3,9-11,14-15H2,1H3/b13-12+/t17-,18+,19+,20?,21+,22-,23?/m0/s1. The van der Waals surface area contributed by atoms with Gasteiger partial charge < -0.3 is 14.9 Å². The van der Waals surface area contributed by atoms with Crippen molar-refractivity contribution in [1.82, 2.24) is 0 Å². The van der Waals surface area contributed by atoms with E-state index in [0.29, 0.717) is 23.6 Å². The topological polar surface area (TPSA) is 49.7 Å². The van der Waals surface area contributed by atoms with E-state index in [1.807, 2.05) is 30.4 Å². The summed E-state index contributed by atoms with van der Waals surface area (Å²) in [7, 11) is 0. The molecule has 1 saturated carbocycles. The molecule has 150 valence electrons. The molecule has 0 spiro atoms. The number of fused-ring (bicyclic) bond motifs is 1. The summed E-state index contributed by atoms with van der Waals surface area (Å²) in [5, 5.41) is 20.8. The number of ether oxygens (including phenoxy) is 1. The van der Waals surface area contributed by atoms with E-state index in [4.69, 9.17) is 4.74 Å². The molecule has 4 heteroatoms. The van der Waals surface area contributed by atoms with Gasteiger partial charge in [-0.15, -0.1) is 0 Å². The molecular weight excluding hydrogens is 404 g/mol. The lowest BCUT2D eigenvalue weighted by atomic mass is 9.89. The van der Waals surface area contributed by atoms with E-state index in [9.17, 15) is 10.2 Å². The van der Waals surface area contributed by atoms with E-state index in [-0.39, 0.29) is 24.2 Å². The summed E-state index contributed by atoms with van der Waals surface area (Å²) in [6.45, 7) is 2.21. The van der Waals surface area contributed by atoms with Crippen LogP contribution in [0.15, 0.2) is 42.5 Å². The van der Waals surface area contributed by atoms with Crippen LogP contribution in [0.2, 0.25) is 0 Å². The average Bonchev–Trinajstić information content (AvgIpc) is 3.21. The lowest BCUT2D eigenvalue weighted by molar-refractivity contribution is 0.0271. The third-order valence-corrected chi connectivity index (χ3v) is 7.16. The monoisotopic (exact) mass is 436 g/mol. The predicted molar refractivity (Wildman–Crippen MR) is 113 cm³/mol. The molecule has 2 fully saturated rings. The van der Waals surface area contributed by atoms with Crippen molar-refractivity contribution in [2.75, 3.05) is 0 Å². The number of aryl methyl sites for hydroxylation is 1. The maximum atomic E-state index is 10.5. The molecule has 7 atom stereocenters. The van der Waals surface area contributed by atoms with Gasteiger partial charge >= 0.3 is 0 Å². The Bertz CT molecular complexity index is 591. The lowest BCUT2D eigenvalue weighted by Gasteiger charge is -2.21. The number of aliphatic hydroxyl groups is 2. The molecule has 2 aliphatic rings. The largest absolute Gasteiger partial charge is 0.392 e. The zero-order chi connectivity index (χ0) is 19.2. The second kappa shape index (κ2) is 10.2. The molecule has 0 bridgehead atoms. The van der Waals surface area contributed by atoms with Gasteiger partial charge in [0, 0.05) is 17.2 Å². The molecule has 3 rings (SSSR count). The maximum Gasteiger partial charge on any atom is 0.0724 e. The van der Waals surface area contributed by atoms with E-state index in [2.05, 4.69) is 35.0 Å². The van der Waals surface area contributed by atoms with E-state index in [1.54, 1.807) is 0 Å². The van der Waals surface area contributed by atoms with Gasteiger partial charge in [0.2, 0.25) is 0 Å². The Balaban J connectivity index is 1.50. The molecule has 2 N–H and O–H groups in total. The van der Waals surface area contributed by atoms with Crippen molar-refractivity contribution in [3.05, 3.63) is 48.0 Å². The molecule has 0 aromatic heterocycles. The Labute approximate surface area is 172 Å². The van der Waals surface area contributed by atoms with Crippen LogP contribution in [0, 0.1) is 11.8 Å². The van der Waals surface area contributed by atoms with Crippen LogP contribution in [-0.2, 0) is 11.2 Å². The van der Waals surface area contributed by atoms with Crippen LogP contribution in [0.5, 0.6) is 0 Å². The van der Waals surface area contributed by atoms with Gasteiger partial charge in [0.1, 0.15) is 0 Å². The van der Waals surface area contributed by atoms with E-state index >= 15 is 0 Å². The molecule has 1 aliphatic carbocycles. The Kier molecular flexibility index (Phi) is 7.95. The first-order chi connectivity index (χ1) is 13.1. The van der Waals surface area contributed by atoms with Crippen molar-refractivity contribution in [1.29, 1.82) is 0 Å². The summed E-state index contributed by atoms with van der Waals surface area (Å²) in [4.78, 5) is 0.404. The van der Waals surface area contributed by atoms with Crippen molar-refractivity contribution < 1.29 is 14.9 Å². The molecule has 0 radical (unpaired) electrons. The highest BCUT2D eigenvalue weighted by molar-refractivity contribution is 9.09. The molecule has 0 amide bonds. The normalized spacial score (nSPS) is 32.7. The van der Waals surface area contributed by atoms with Crippen molar-refractivity contribution in [3.63, 3.8) is 0 Å². The van der Waals surface area contributed by atoms with Gasteiger partial charge in [-0.2, -0.15) is 0 Å². The third-order valence-electron chi connectivity index (χ3n) is 6.11. The number of alkyl halides is 1. The van der Waals surface area contributed by atoms with Crippen LogP contribution < -0.4 is 0 Å². The van der Waals surface area contributed by atoms with Gasteiger partial charge in [-0.1, -0.05) is 78.2 Å². The van der Waals surface area contributed by atoms with Gasteiger partial charge in [0.15, 0.2) is 0 Å². The highest BCUT2D eigenvalue weighted by atomic mass is 79.9. The van der Waals surface area contributed by atoms with E-state index < -0.39 is 6.10 Å². The molecule has 1 saturated heterocycles. The predicted octanol–water partition coefficient (Wildman–Crippen LogP) is 4.64. The minimum absolute atomic E-state index is 0.0947. The van der Waals surface area contributed by atoms with Gasteiger partial charge in [0.05, 0.1) is 24.4 Å². The van der Waals surface area contributed by atoms with Crippen LogP contribution in [0.3, 0.4) is 0 Å². The van der Waals surface area contributed by atoms with Gasteiger partial charge in [-0.25, -0.2) is 0 Å². The minimum atomic E-state index is -0.469. The molecule has 1 aromatic carbocycles. The van der Waals surface area contributed by atoms with Crippen LogP contribution in [0.1, 0.15) is 51.0 Å².